The number of aryl methyl sites for hydroxylation is 2. The van der Waals surface area contributed by atoms with Gasteiger partial charge in [0, 0.05) is 37.3 Å². The summed E-state index contributed by atoms with van der Waals surface area (Å²) in [5, 5.41) is 12.9. The van der Waals surface area contributed by atoms with Crippen molar-refractivity contribution in [2.45, 2.75) is 57.4 Å². The van der Waals surface area contributed by atoms with Gasteiger partial charge in [0.1, 0.15) is 0 Å². The quantitative estimate of drug-likeness (QED) is 0.557. The number of nitrogens with zero attached hydrogens (tertiary/aromatic N) is 2. The molecule has 3 amide bonds. The maximum absolute atomic E-state index is 12.6. The number of likely N-dealkylation sites (N-methyl/N-ethyl adjacent to an activating group) is 1. The van der Waals surface area contributed by atoms with E-state index in [1.165, 1.54) is 23.1 Å². The summed E-state index contributed by atoms with van der Waals surface area (Å²) < 4.78 is 27.2. The van der Waals surface area contributed by atoms with Crippen molar-refractivity contribution >= 4 is 27.8 Å². The van der Waals surface area contributed by atoms with Crippen LogP contribution in [0.15, 0.2) is 17.6 Å². The SMILES string of the molecule is CN(CCN1CCC[C@@H]1/C=C/S(=O)(=O)NC(=O)Nc1c2c(cc3c1CCC3)CCC2)C(=O)O. The molecule has 1 saturated heterocycles. The molecular formula is C23H32N4O5S. The summed E-state index contributed by atoms with van der Waals surface area (Å²) in [7, 11) is -2.45. The van der Waals surface area contributed by atoms with Gasteiger partial charge in [-0.2, -0.15) is 0 Å². The number of carbonyl (C=O) groups is 2. The Morgan fingerprint density at radius 3 is 2.45 bits per heavy atom. The molecule has 1 atom stereocenters. The van der Waals surface area contributed by atoms with Gasteiger partial charge in [0.05, 0.1) is 0 Å². The number of nitrogens with one attached hydrogen (secondary N) is 2. The van der Waals surface area contributed by atoms with E-state index in [0.717, 1.165) is 80.1 Å². The Morgan fingerprint density at radius 1 is 1.15 bits per heavy atom. The first-order chi connectivity index (χ1) is 15.7. The van der Waals surface area contributed by atoms with E-state index in [4.69, 9.17) is 5.11 Å². The van der Waals surface area contributed by atoms with Crippen molar-refractivity contribution in [2.24, 2.45) is 0 Å². The normalized spacial score (nSPS) is 20.1. The number of carbonyl (C=O) groups excluding carboxylic acids is 1. The highest BCUT2D eigenvalue weighted by Crippen LogP contribution is 2.38. The number of hydrogen-bond acceptors (Lipinski definition) is 5. The van der Waals surface area contributed by atoms with Crippen molar-refractivity contribution in [3.63, 3.8) is 0 Å². The molecule has 0 unspecified atom stereocenters. The van der Waals surface area contributed by atoms with E-state index in [1.54, 1.807) is 6.08 Å². The molecule has 33 heavy (non-hydrogen) atoms. The van der Waals surface area contributed by atoms with Crippen molar-refractivity contribution in [1.29, 1.82) is 0 Å². The van der Waals surface area contributed by atoms with E-state index in [0.29, 0.717) is 13.1 Å². The topological polar surface area (TPSA) is 119 Å². The number of amides is 3. The third kappa shape index (κ3) is 5.50. The molecule has 10 heteroatoms. The van der Waals surface area contributed by atoms with Crippen LogP contribution < -0.4 is 10.0 Å². The molecule has 0 aromatic heterocycles. The summed E-state index contributed by atoms with van der Waals surface area (Å²) in [6, 6.07) is 1.42. The molecule has 180 valence electrons. The van der Waals surface area contributed by atoms with E-state index >= 15 is 0 Å². The van der Waals surface area contributed by atoms with Gasteiger partial charge in [-0.15, -0.1) is 0 Å². The third-order valence-electron chi connectivity index (χ3n) is 6.89. The van der Waals surface area contributed by atoms with Crippen LogP contribution in [0.25, 0.3) is 0 Å². The van der Waals surface area contributed by atoms with Crippen molar-refractivity contribution < 1.29 is 23.1 Å². The van der Waals surface area contributed by atoms with E-state index in [9.17, 15) is 18.0 Å². The molecule has 1 aromatic carbocycles. The Hall–Kier alpha value is -2.59. The number of carboxylic acid groups (broad SMARTS) is 1. The number of sulfonamides is 1. The zero-order valence-corrected chi connectivity index (χ0v) is 19.8. The summed E-state index contributed by atoms with van der Waals surface area (Å²) >= 11 is 0. The Balaban J connectivity index is 1.38. The highest BCUT2D eigenvalue weighted by atomic mass is 32.2. The van der Waals surface area contributed by atoms with Gasteiger partial charge in [-0.3, -0.25) is 4.90 Å². The van der Waals surface area contributed by atoms with Crippen molar-refractivity contribution in [3.05, 3.63) is 39.8 Å². The van der Waals surface area contributed by atoms with Gasteiger partial charge in [0.25, 0.3) is 10.0 Å². The average Bonchev–Trinajstić information content (AvgIpc) is 3.50. The molecule has 0 saturated carbocycles. The maximum atomic E-state index is 12.6. The van der Waals surface area contributed by atoms with Crippen LogP contribution in [0.3, 0.4) is 0 Å². The Kier molecular flexibility index (Phi) is 6.94. The summed E-state index contributed by atoms with van der Waals surface area (Å²) in [4.78, 5) is 26.9. The fourth-order valence-corrected chi connectivity index (χ4v) is 5.95. The van der Waals surface area contributed by atoms with Gasteiger partial charge in [-0.1, -0.05) is 12.1 Å². The van der Waals surface area contributed by atoms with Crippen LogP contribution in [-0.4, -0.2) is 68.2 Å². The highest BCUT2D eigenvalue weighted by Gasteiger charge is 2.26. The number of likely N-dealkylation sites (tertiary alicyclic amines) is 1. The molecule has 1 fully saturated rings. The van der Waals surface area contributed by atoms with Crippen LogP contribution in [0.4, 0.5) is 15.3 Å². The number of hydrogen-bond donors (Lipinski definition) is 3. The molecule has 1 aliphatic heterocycles. The minimum absolute atomic E-state index is 0.104. The summed E-state index contributed by atoms with van der Waals surface area (Å²) in [5.74, 6) is 0. The van der Waals surface area contributed by atoms with Crippen LogP contribution >= 0.6 is 0 Å². The molecule has 2 aliphatic carbocycles. The summed E-state index contributed by atoms with van der Waals surface area (Å²) in [6.07, 6.45) is 8.20. The van der Waals surface area contributed by atoms with Gasteiger partial charge >= 0.3 is 12.1 Å². The van der Waals surface area contributed by atoms with Gasteiger partial charge < -0.3 is 15.3 Å². The van der Waals surface area contributed by atoms with Crippen molar-refractivity contribution in [1.82, 2.24) is 14.5 Å². The van der Waals surface area contributed by atoms with Crippen LogP contribution in [-0.2, 0) is 35.7 Å². The minimum atomic E-state index is -3.96. The van der Waals surface area contributed by atoms with E-state index in [2.05, 4.69) is 21.0 Å². The monoisotopic (exact) mass is 476 g/mol. The molecule has 4 rings (SSSR count). The first-order valence-corrected chi connectivity index (χ1v) is 13.1. The number of anilines is 1. The molecule has 9 nitrogen and oxygen atoms in total. The molecule has 0 radical (unpaired) electrons. The van der Waals surface area contributed by atoms with E-state index in [-0.39, 0.29) is 6.04 Å². The van der Waals surface area contributed by atoms with Crippen LogP contribution in [0.1, 0.15) is 47.9 Å². The average molecular weight is 477 g/mol. The zero-order valence-electron chi connectivity index (χ0n) is 19.0. The number of rotatable bonds is 7. The van der Waals surface area contributed by atoms with Gasteiger partial charge in [-0.05, 0) is 80.2 Å². The second-order valence-electron chi connectivity index (χ2n) is 9.11. The fraction of sp³-hybridized carbons (Fsp3) is 0.565. The third-order valence-corrected chi connectivity index (χ3v) is 7.88. The smallest absolute Gasteiger partial charge is 0.407 e. The molecule has 1 heterocycles. The predicted octanol–water partition coefficient (Wildman–Crippen LogP) is 2.70. The molecule has 3 aliphatic rings. The molecule has 3 N–H and O–H groups in total. The van der Waals surface area contributed by atoms with Crippen molar-refractivity contribution in [3.8, 4) is 0 Å². The second kappa shape index (κ2) is 9.72. The lowest BCUT2D eigenvalue weighted by molar-refractivity contribution is 0.148. The first-order valence-electron chi connectivity index (χ1n) is 11.6. The Bertz CT molecular complexity index is 1040. The maximum Gasteiger partial charge on any atom is 0.407 e. The fourth-order valence-electron chi connectivity index (χ4n) is 5.19. The lowest BCUT2D eigenvalue weighted by atomic mass is 9.99. The van der Waals surface area contributed by atoms with Crippen LogP contribution in [0.2, 0.25) is 0 Å². The van der Waals surface area contributed by atoms with Crippen molar-refractivity contribution in [2.75, 3.05) is 32.0 Å². The minimum Gasteiger partial charge on any atom is -0.465 e. The standard InChI is InChI=1S/C23H32N4O5S/c1-26(23(29)30)12-13-27-11-4-7-18(27)10-14-33(31,32)25-22(28)24-21-19-8-2-5-16(19)15-17-6-3-9-20(17)21/h10,14-15,18H,2-9,11-13H2,1H3,(H,29,30)(H2,24,25,28)/b14-10+/t18-/m1/s1. The molecule has 0 spiro atoms. The van der Waals surface area contributed by atoms with Gasteiger partial charge in [-0.25, -0.2) is 22.7 Å². The largest absolute Gasteiger partial charge is 0.465 e. The predicted molar refractivity (Wildman–Crippen MR) is 126 cm³/mol. The van der Waals surface area contributed by atoms with E-state index < -0.39 is 22.1 Å². The first kappa shape index (κ1) is 23.6. The Morgan fingerprint density at radius 2 is 1.82 bits per heavy atom. The number of fused-ring (bicyclic) bond motifs is 2. The second-order valence-corrected chi connectivity index (χ2v) is 10.7. The summed E-state index contributed by atoms with van der Waals surface area (Å²) in [5.41, 5.74) is 5.63. The summed E-state index contributed by atoms with van der Waals surface area (Å²) in [6.45, 7) is 1.65. The zero-order chi connectivity index (χ0) is 23.6. The van der Waals surface area contributed by atoms with Gasteiger partial charge in [0.2, 0.25) is 0 Å². The lowest BCUT2D eigenvalue weighted by Gasteiger charge is -2.24. The van der Waals surface area contributed by atoms with Crippen LogP contribution in [0, 0.1) is 0 Å². The van der Waals surface area contributed by atoms with Gasteiger partial charge in [0.15, 0.2) is 0 Å². The Labute approximate surface area is 194 Å². The van der Waals surface area contributed by atoms with Crippen LogP contribution in [0.5, 0.6) is 0 Å². The number of urea groups is 1. The molecular weight excluding hydrogens is 444 g/mol. The van der Waals surface area contributed by atoms with E-state index in [1.807, 2.05) is 0 Å². The number of benzene rings is 1. The lowest BCUT2D eigenvalue weighted by Crippen LogP contribution is -2.38. The highest BCUT2D eigenvalue weighted by molar-refractivity contribution is 7.92. The molecule has 1 aromatic rings. The molecule has 0 bridgehead atoms.